The number of halogens is 3. The zero-order valence-corrected chi connectivity index (χ0v) is 12.8. The Hall–Kier alpha value is -1.66. The molecule has 106 valence electrons. The molecule has 0 spiro atoms. The molecule has 0 atom stereocenters. The molecule has 0 saturated carbocycles. The van der Waals surface area contributed by atoms with Gasteiger partial charge in [0.2, 0.25) is 0 Å². The van der Waals surface area contributed by atoms with Crippen molar-refractivity contribution in [3.05, 3.63) is 39.6 Å². The van der Waals surface area contributed by atoms with Gasteiger partial charge in [-0.1, -0.05) is 11.6 Å². The van der Waals surface area contributed by atoms with Crippen LogP contribution in [0.15, 0.2) is 28.7 Å². The average Bonchev–Trinajstić information content (AvgIpc) is 2.43. The number of methoxy groups -OCH3 is 1. The number of hydrogen-bond donors (Lipinski definition) is 3. The van der Waals surface area contributed by atoms with E-state index < -0.39 is 5.82 Å². The van der Waals surface area contributed by atoms with Gasteiger partial charge in [0.05, 0.1) is 29.9 Å². The highest BCUT2D eigenvalue weighted by Crippen LogP contribution is 2.37. The normalized spacial score (nSPS) is 10.4. The van der Waals surface area contributed by atoms with Crippen LogP contribution in [0.25, 0.3) is 0 Å². The minimum Gasteiger partial charge on any atom is -0.497 e. The van der Waals surface area contributed by atoms with Gasteiger partial charge in [-0.3, -0.25) is 0 Å². The topological polar surface area (TPSA) is 73.3 Å². The van der Waals surface area contributed by atoms with Gasteiger partial charge in [-0.25, -0.2) is 4.39 Å². The summed E-state index contributed by atoms with van der Waals surface area (Å²) >= 11 is 9.15. The van der Waals surface area contributed by atoms with Crippen molar-refractivity contribution in [1.82, 2.24) is 0 Å². The Morgan fingerprint density at radius 2 is 1.95 bits per heavy atom. The van der Waals surface area contributed by atoms with Gasteiger partial charge >= 0.3 is 0 Å². The molecule has 5 N–H and O–H groups in total. The molecule has 0 aliphatic heterocycles. The van der Waals surface area contributed by atoms with Crippen LogP contribution in [0.5, 0.6) is 5.75 Å². The average molecular weight is 361 g/mol. The van der Waals surface area contributed by atoms with Gasteiger partial charge in [-0.2, -0.15) is 0 Å². The first-order valence-electron chi connectivity index (χ1n) is 5.57. The lowest BCUT2D eigenvalue weighted by atomic mass is 10.2. The Morgan fingerprint density at radius 1 is 1.25 bits per heavy atom. The van der Waals surface area contributed by atoms with Crippen molar-refractivity contribution in [1.29, 1.82) is 0 Å². The summed E-state index contributed by atoms with van der Waals surface area (Å²) in [7, 11) is 1.54. The number of anilines is 4. The number of benzene rings is 2. The van der Waals surface area contributed by atoms with Gasteiger partial charge in [0, 0.05) is 10.5 Å². The summed E-state index contributed by atoms with van der Waals surface area (Å²) in [5.41, 5.74) is 12.2. The predicted molar refractivity (Wildman–Crippen MR) is 84.2 cm³/mol. The van der Waals surface area contributed by atoms with Gasteiger partial charge in [0.25, 0.3) is 0 Å². The number of ether oxygens (including phenoxy) is 1. The lowest BCUT2D eigenvalue weighted by Gasteiger charge is -2.14. The fourth-order valence-electron chi connectivity index (χ4n) is 1.66. The van der Waals surface area contributed by atoms with E-state index in [4.69, 9.17) is 27.8 Å². The van der Waals surface area contributed by atoms with E-state index in [0.717, 1.165) is 4.47 Å². The summed E-state index contributed by atoms with van der Waals surface area (Å²) in [5.74, 6) is -0.0740. The Balaban J connectivity index is 2.47. The third-order valence-electron chi connectivity index (χ3n) is 2.70. The predicted octanol–water partition coefficient (Wildman–Crippen LogP) is 4.16. The molecule has 0 saturated heterocycles. The van der Waals surface area contributed by atoms with Crippen molar-refractivity contribution in [2.75, 3.05) is 23.9 Å². The molecule has 2 aromatic rings. The molecule has 0 aliphatic rings. The van der Waals surface area contributed by atoms with Crippen LogP contribution in [0, 0.1) is 5.82 Å². The molecule has 2 aromatic carbocycles. The van der Waals surface area contributed by atoms with Crippen LogP contribution in [0.4, 0.5) is 27.1 Å². The zero-order chi connectivity index (χ0) is 14.9. The Labute approximate surface area is 129 Å². The van der Waals surface area contributed by atoms with E-state index in [1.807, 2.05) is 0 Å². The third-order valence-corrected chi connectivity index (χ3v) is 3.77. The molecule has 7 heteroatoms. The smallest absolute Gasteiger partial charge is 0.169 e. The minimum atomic E-state index is -0.695. The molecule has 0 amide bonds. The summed E-state index contributed by atoms with van der Waals surface area (Å²) in [6, 6.07) is 6.65. The van der Waals surface area contributed by atoms with Crippen LogP contribution >= 0.6 is 27.5 Å². The number of nitrogen functional groups attached to an aromatic ring is 2. The van der Waals surface area contributed by atoms with Gasteiger partial charge in [-0.05, 0) is 34.1 Å². The van der Waals surface area contributed by atoms with Crippen LogP contribution in [0.3, 0.4) is 0 Å². The van der Waals surface area contributed by atoms with Crippen molar-refractivity contribution in [2.24, 2.45) is 0 Å². The molecule has 2 rings (SSSR count). The number of rotatable bonds is 3. The van der Waals surface area contributed by atoms with E-state index in [1.165, 1.54) is 6.07 Å². The lowest BCUT2D eigenvalue weighted by molar-refractivity contribution is 0.415. The van der Waals surface area contributed by atoms with Gasteiger partial charge in [-0.15, -0.1) is 0 Å². The SMILES string of the molecule is COc1ccc(Br)c(Nc2c(N)cc(N)c(Cl)c2F)c1. The summed E-state index contributed by atoms with van der Waals surface area (Å²) in [5, 5.41) is 2.72. The van der Waals surface area contributed by atoms with Crippen molar-refractivity contribution >= 4 is 50.3 Å². The summed E-state index contributed by atoms with van der Waals surface area (Å²) in [4.78, 5) is 0. The number of nitrogens with two attached hydrogens (primary N) is 2. The highest BCUT2D eigenvalue weighted by molar-refractivity contribution is 9.10. The van der Waals surface area contributed by atoms with Crippen molar-refractivity contribution in [2.45, 2.75) is 0 Å². The Kier molecular flexibility index (Phi) is 4.25. The monoisotopic (exact) mass is 359 g/mol. The van der Waals surface area contributed by atoms with Crippen LogP contribution in [-0.2, 0) is 0 Å². The second kappa shape index (κ2) is 5.76. The molecule has 0 bridgehead atoms. The number of nitrogens with one attached hydrogen (secondary N) is 1. The molecule has 0 radical (unpaired) electrons. The minimum absolute atomic E-state index is 0.0677. The van der Waals surface area contributed by atoms with E-state index in [2.05, 4.69) is 21.2 Å². The molecule has 4 nitrogen and oxygen atoms in total. The Bertz CT molecular complexity index is 667. The molecule has 0 aliphatic carbocycles. The maximum Gasteiger partial charge on any atom is 0.169 e. The second-order valence-electron chi connectivity index (χ2n) is 4.03. The lowest BCUT2D eigenvalue weighted by Crippen LogP contribution is -2.03. The van der Waals surface area contributed by atoms with Crippen LogP contribution in [-0.4, -0.2) is 7.11 Å². The van der Waals surface area contributed by atoms with Gasteiger partial charge in [0.1, 0.15) is 10.8 Å². The molecule has 0 fully saturated rings. The third kappa shape index (κ3) is 2.76. The molecule has 0 aromatic heterocycles. The highest BCUT2D eigenvalue weighted by atomic mass is 79.9. The summed E-state index contributed by atoms with van der Waals surface area (Å²) < 4.78 is 20.0. The molecular formula is C13H12BrClFN3O. The first-order chi connectivity index (χ1) is 9.43. The van der Waals surface area contributed by atoms with Crippen molar-refractivity contribution in [3.63, 3.8) is 0 Å². The first kappa shape index (κ1) is 14.7. The van der Waals surface area contributed by atoms with E-state index in [-0.39, 0.29) is 22.1 Å². The molecule has 0 heterocycles. The molecule has 0 unspecified atom stereocenters. The summed E-state index contributed by atoms with van der Waals surface area (Å²) in [6.45, 7) is 0. The van der Waals surface area contributed by atoms with Crippen molar-refractivity contribution < 1.29 is 9.13 Å². The van der Waals surface area contributed by atoms with Gasteiger partial charge in [0.15, 0.2) is 5.82 Å². The maximum absolute atomic E-state index is 14.1. The fourth-order valence-corrected chi connectivity index (χ4v) is 2.15. The summed E-state index contributed by atoms with van der Waals surface area (Å²) in [6.07, 6.45) is 0. The van der Waals surface area contributed by atoms with E-state index in [0.29, 0.717) is 11.4 Å². The van der Waals surface area contributed by atoms with E-state index in [1.54, 1.807) is 25.3 Å². The van der Waals surface area contributed by atoms with Crippen LogP contribution in [0.2, 0.25) is 5.02 Å². The highest BCUT2D eigenvalue weighted by Gasteiger charge is 2.15. The van der Waals surface area contributed by atoms with Crippen LogP contribution in [0.1, 0.15) is 0 Å². The number of hydrogen-bond acceptors (Lipinski definition) is 4. The quantitative estimate of drug-likeness (QED) is 0.719. The Morgan fingerprint density at radius 3 is 2.60 bits per heavy atom. The first-order valence-corrected chi connectivity index (χ1v) is 6.74. The van der Waals surface area contributed by atoms with Crippen LogP contribution < -0.4 is 21.5 Å². The zero-order valence-electron chi connectivity index (χ0n) is 10.5. The standard InChI is InChI=1S/C13H12BrClFN3O/c1-20-6-2-3-7(14)10(4-6)19-13-9(18)5-8(17)11(15)12(13)16/h2-5,19H,17-18H2,1H3. The second-order valence-corrected chi connectivity index (χ2v) is 5.26. The molecular weight excluding hydrogens is 349 g/mol. The van der Waals surface area contributed by atoms with E-state index >= 15 is 0 Å². The maximum atomic E-state index is 14.1. The van der Waals surface area contributed by atoms with Gasteiger partial charge < -0.3 is 21.5 Å². The van der Waals surface area contributed by atoms with Crippen molar-refractivity contribution in [3.8, 4) is 5.75 Å². The fraction of sp³-hybridized carbons (Fsp3) is 0.0769. The van der Waals surface area contributed by atoms with E-state index in [9.17, 15) is 4.39 Å². The molecule has 20 heavy (non-hydrogen) atoms. The largest absolute Gasteiger partial charge is 0.497 e.